The molecule has 1 nitrogen and oxygen atoms in total. The van der Waals surface area contributed by atoms with E-state index in [1.165, 1.54) is 4.88 Å². The predicted molar refractivity (Wildman–Crippen MR) is 85.1 cm³/mol. The van der Waals surface area contributed by atoms with Crippen molar-refractivity contribution >= 4 is 11.3 Å². The Bertz CT molecular complexity index is 595. The van der Waals surface area contributed by atoms with Gasteiger partial charge in [0.25, 0.3) is 0 Å². The zero-order chi connectivity index (χ0) is 14.9. The fourth-order valence-electron chi connectivity index (χ4n) is 2.26. The van der Waals surface area contributed by atoms with Gasteiger partial charge in [-0.25, -0.2) is 4.39 Å². The van der Waals surface area contributed by atoms with Crippen LogP contribution in [0.15, 0.2) is 30.3 Å². The molecule has 2 aromatic rings. The Morgan fingerprint density at radius 1 is 1.15 bits per heavy atom. The molecule has 0 aliphatic rings. The minimum Gasteiger partial charge on any atom is -0.309 e. The van der Waals surface area contributed by atoms with Gasteiger partial charge in [-0.1, -0.05) is 39.0 Å². The van der Waals surface area contributed by atoms with Gasteiger partial charge in [0, 0.05) is 15.3 Å². The molecule has 20 heavy (non-hydrogen) atoms. The SMILES string of the molecule is CNC(c1ccc(C(C)(C)C)s1)c1cccc(C)c1F. The van der Waals surface area contributed by atoms with Crippen LogP contribution in [0.5, 0.6) is 0 Å². The lowest BCUT2D eigenvalue weighted by atomic mass is 9.95. The number of nitrogens with one attached hydrogen (secondary N) is 1. The number of thiophene rings is 1. The van der Waals surface area contributed by atoms with Gasteiger partial charge in [-0.3, -0.25) is 0 Å². The van der Waals surface area contributed by atoms with Crippen LogP contribution < -0.4 is 5.32 Å². The van der Waals surface area contributed by atoms with Crippen LogP contribution in [0.3, 0.4) is 0 Å². The highest BCUT2D eigenvalue weighted by Gasteiger charge is 2.22. The van der Waals surface area contributed by atoms with Gasteiger partial charge in [-0.05, 0) is 37.1 Å². The zero-order valence-corrected chi connectivity index (χ0v) is 13.6. The van der Waals surface area contributed by atoms with Crippen LogP contribution >= 0.6 is 11.3 Å². The molecule has 0 amide bonds. The van der Waals surface area contributed by atoms with Crippen molar-refractivity contribution in [2.24, 2.45) is 0 Å². The second kappa shape index (κ2) is 5.66. The Labute approximate surface area is 124 Å². The molecule has 0 aliphatic heterocycles. The zero-order valence-electron chi connectivity index (χ0n) is 12.8. The lowest BCUT2D eigenvalue weighted by Crippen LogP contribution is -2.18. The average Bonchev–Trinajstić information content (AvgIpc) is 2.85. The quantitative estimate of drug-likeness (QED) is 0.856. The van der Waals surface area contributed by atoms with Crippen molar-refractivity contribution in [2.45, 2.75) is 39.2 Å². The molecule has 1 aromatic carbocycles. The number of hydrogen-bond donors (Lipinski definition) is 1. The highest BCUT2D eigenvalue weighted by Crippen LogP contribution is 2.35. The van der Waals surface area contributed by atoms with E-state index >= 15 is 0 Å². The number of benzene rings is 1. The normalized spacial score (nSPS) is 13.5. The van der Waals surface area contributed by atoms with Gasteiger partial charge in [0.2, 0.25) is 0 Å². The maximum absolute atomic E-state index is 14.3. The molecule has 1 N–H and O–H groups in total. The van der Waals surface area contributed by atoms with Crippen molar-refractivity contribution in [3.63, 3.8) is 0 Å². The van der Waals surface area contributed by atoms with E-state index in [4.69, 9.17) is 0 Å². The highest BCUT2D eigenvalue weighted by molar-refractivity contribution is 7.12. The van der Waals surface area contributed by atoms with Crippen LogP contribution in [0.25, 0.3) is 0 Å². The van der Waals surface area contributed by atoms with Gasteiger partial charge in [0.15, 0.2) is 0 Å². The van der Waals surface area contributed by atoms with Crippen LogP contribution in [0.1, 0.15) is 47.7 Å². The second-order valence-electron chi connectivity index (χ2n) is 6.15. The molecule has 1 atom stereocenters. The predicted octanol–water partition coefficient (Wildman–Crippen LogP) is 4.80. The summed E-state index contributed by atoms with van der Waals surface area (Å²) in [5.74, 6) is -0.113. The van der Waals surface area contributed by atoms with Crippen LogP contribution in [-0.2, 0) is 5.41 Å². The summed E-state index contributed by atoms with van der Waals surface area (Å²) in [5, 5.41) is 3.24. The largest absolute Gasteiger partial charge is 0.309 e. The molecule has 3 heteroatoms. The van der Waals surface area contributed by atoms with E-state index in [1.54, 1.807) is 24.3 Å². The Balaban J connectivity index is 2.43. The van der Waals surface area contributed by atoms with Crippen molar-refractivity contribution in [3.05, 3.63) is 57.0 Å². The van der Waals surface area contributed by atoms with Crippen molar-refractivity contribution in [3.8, 4) is 0 Å². The Hall–Kier alpha value is -1.19. The van der Waals surface area contributed by atoms with Crippen LogP contribution in [0.4, 0.5) is 4.39 Å². The summed E-state index contributed by atoms with van der Waals surface area (Å²) >= 11 is 1.75. The van der Waals surface area contributed by atoms with Crippen molar-refractivity contribution in [1.29, 1.82) is 0 Å². The van der Waals surface area contributed by atoms with E-state index in [0.717, 1.165) is 10.4 Å². The van der Waals surface area contributed by atoms with Gasteiger partial charge in [0.05, 0.1) is 6.04 Å². The van der Waals surface area contributed by atoms with Gasteiger partial charge >= 0.3 is 0 Å². The molecule has 1 heterocycles. The molecule has 0 spiro atoms. The van der Waals surface area contributed by atoms with E-state index in [-0.39, 0.29) is 17.3 Å². The van der Waals surface area contributed by atoms with E-state index in [0.29, 0.717) is 5.56 Å². The van der Waals surface area contributed by atoms with Crippen LogP contribution in [0.2, 0.25) is 0 Å². The minimum atomic E-state index is -0.113. The maximum atomic E-state index is 14.3. The number of hydrogen-bond acceptors (Lipinski definition) is 2. The van der Waals surface area contributed by atoms with Gasteiger partial charge < -0.3 is 5.32 Å². The molecule has 0 saturated heterocycles. The lowest BCUT2D eigenvalue weighted by Gasteiger charge is -2.18. The minimum absolute atomic E-state index is 0.0870. The van der Waals surface area contributed by atoms with Crippen molar-refractivity contribution in [1.82, 2.24) is 5.32 Å². The molecule has 0 bridgehead atoms. The summed E-state index contributed by atoms with van der Waals surface area (Å²) in [7, 11) is 1.88. The number of halogens is 1. The molecule has 1 unspecified atom stereocenters. The first-order valence-electron chi connectivity index (χ1n) is 6.87. The molecule has 0 aliphatic carbocycles. The van der Waals surface area contributed by atoms with Gasteiger partial charge in [-0.15, -0.1) is 11.3 Å². The molecule has 1 aromatic heterocycles. The summed E-state index contributed by atoms with van der Waals surface area (Å²) in [6.07, 6.45) is 0. The Morgan fingerprint density at radius 3 is 2.40 bits per heavy atom. The fraction of sp³-hybridized carbons (Fsp3) is 0.412. The third-order valence-corrected chi connectivity index (χ3v) is 5.05. The second-order valence-corrected chi connectivity index (χ2v) is 7.27. The topological polar surface area (TPSA) is 12.0 Å². The fourth-order valence-corrected chi connectivity index (χ4v) is 3.45. The van der Waals surface area contributed by atoms with E-state index < -0.39 is 0 Å². The molecular formula is C17H22FNS. The first-order chi connectivity index (χ1) is 9.34. The van der Waals surface area contributed by atoms with E-state index in [2.05, 4.69) is 38.2 Å². The third kappa shape index (κ3) is 2.94. The summed E-state index contributed by atoms with van der Waals surface area (Å²) in [4.78, 5) is 2.47. The van der Waals surface area contributed by atoms with Gasteiger partial charge in [-0.2, -0.15) is 0 Å². The van der Waals surface area contributed by atoms with Crippen LogP contribution in [0, 0.1) is 12.7 Å². The Kier molecular flexibility index (Phi) is 4.31. The highest BCUT2D eigenvalue weighted by atomic mass is 32.1. The summed E-state index contributed by atoms with van der Waals surface area (Å²) < 4.78 is 14.3. The van der Waals surface area contributed by atoms with Crippen molar-refractivity contribution < 1.29 is 4.39 Å². The molecule has 108 valence electrons. The molecule has 0 radical (unpaired) electrons. The summed E-state index contributed by atoms with van der Waals surface area (Å²) in [6, 6.07) is 9.75. The monoisotopic (exact) mass is 291 g/mol. The van der Waals surface area contributed by atoms with Gasteiger partial charge in [0.1, 0.15) is 5.82 Å². The Morgan fingerprint density at radius 2 is 1.85 bits per heavy atom. The van der Waals surface area contributed by atoms with Crippen LogP contribution in [-0.4, -0.2) is 7.05 Å². The third-order valence-electron chi connectivity index (χ3n) is 3.47. The first kappa shape index (κ1) is 15.2. The van der Waals surface area contributed by atoms with E-state index in [1.807, 2.05) is 19.2 Å². The molecule has 2 rings (SSSR count). The number of rotatable bonds is 3. The smallest absolute Gasteiger partial charge is 0.131 e. The maximum Gasteiger partial charge on any atom is 0.131 e. The number of aryl methyl sites for hydroxylation is 1. The summed E-state index contributed by atoms with van der Waals surface area (Å²) in [6.45, 7) is 8.40. The standard InChI is InChI=1S/C17H22FNS/c1-11-7-6-8-12(15(11)18)16(19-5)13-9-10-14(20-13)17(2,3)4/h6-10,16,19H,1-5H3. The van der Waals surface area contributed by atoms with Crippen molar-refractivity contribution in [2.75, 3.05) is 7.05 Å². The lowest BCUT2D eigenvalue weighted by molar-refractivity contribution is 0.572. The summed E-state index contributed by atoms with van der Waals surface area (Å²) in [5.41, 5.74) is 1.54. The van der Waals surface area contributed by atoms with E-state index in [9.17, 15) is 4.39 Å². The molecule has 0 fully saturated rings. The average molecular weight is 291 g/mol. The molecule has 0 saturated carbocycles. The first-order valence-corrected chi connectivity index (χ1v) is 7.68. The molecular weight excluding hydrogens is 269 g/mol.